The number of aliphatic hydroxyl groups is 1. The lowest BCUT2D eigenvalue weighted by Crippen LogP contribution is -2.56. The fourth-order valence-corrected chi connectivity index (χ4v) is 5.29. The number of pyridine rings is 1. The summed E-state index contributed by atoms with van der Waals surface area (Å²) in [6.45, 7) is 2.41. The molecule has 0 saturated carbocycles. The van der Waals surface area contributed by atoms with Crippen LogP contribution in [-0.4, -0.2) is 38.6 Å². The van der Waals surface area contributed by atoms with Crippen molar-refractivity contribution in [2.45, 2.75) is 38.3 Å². The Kier molecular flexibility index (Phi) is 5.14. The van der Waals surface area contributed by atoms with E-state index in [1.54, 1.807) is 17.5 Å². The average Bonchev–Trinajstić information content (AvgIpc) is 3.38. The summed E-state index contributed by atoms with van der Waals surface area (Å²) in [6.07, 6.45) is -11.0. The van der Waals surface area contributed by atoms with E-state index < -0.39 is 40.8 Å². The third-order valence-corrected chi connectivity index (χ3v) is 7.01. The van der Waals surface area contributed by atoms with Crippen molar-refractivity contribution < 1.29 is 36.2 Å². The van der Waals surface area contributed by atoms with Gasteiger partial charge in [0, 0.05) is 17.5 Å². The van der Waals surface area contributed by atoms with E-state index in [2.05, 4.69) is 10.1 Å². The van der Waals surface area contributed by atoms with Crippen molar-refractivity contribution in [2.24, 2.45) is 5.10 Å². The second-order valence-corrected chi connectivity index (χ2v) is 9.16. The number of hydrazone groups is 1. The maximum atomic E-state index is 13.8. The van der Waals surface area contributed by atoms with E-state index in [1.165, 1.54) is 25.2 Å². The number of rotatable bonds is 2. The van der Waals surface area contributed by atoms with E-state index in [-0.39, 0.29) is 32.2 Å². The Labute approximate surface area is 184 Å². The van der Waals surface area contributed by atoms with Crippen LogP contribution in [0.25, 0.3) is 20.8 Å². The van der Waals surface area contributed by atoms with E-state index in [4.69, 9.17) is 0 Å². The molecule has 32 heavy (non-hydrogen) atoms. The number of halogens is 6. The lowest BCUT2D eigenvalue weighted by atomic mass is 10.0. The maximum absolute atomic E-state index is 13.8. The topological polar surface area (TPSA) is 65.8 Å². The minimum atomic E-state index is -5.23. The van der Waals surface area contributed by atoms with E-state index in [0.717, 1.165) is 6.07 Å². The predicted molar refractivity (Wildman–Crippen MR) is 108 cm³/mol. The zero-order valence-corrected chi connectivity index (χ0v) is 17.9. The number of carbonyl (C=O) groups excluding carboxylic acids is 1. The molecule has 3 aromatic heterocycles. The Morgan fingerprint density at radius 2 is 1.91 bits per heavy atom. The van der Waals surface area contributed by atoms with Crippen LogP contribution in [0.1, 0.15) is 34.1 Å². The SMILES string of the molecule is CC1=NN(C(=O)c2sc3nc(-c4cccs4)cc(C(F)(F)F)c3c2C)C(O)(C(F)(F)F)C1. The van der Waals surface area contributed by atoms with Gasteiger partial charge in [0.05, 0.1) is 21.0 Å². The summed E-state index contributed by atoms with van der Waals surface area (Å²) in [5.74, 6) is -1.35. The summed E-state index contributed by atoms with van der Waals surface area (Å²) in [7, 11) is 0. The Balaban J connectivity index is 1.91. The standard InChI is InChI=1S/C19H13F6N3O2S2/c1-8-7-17(30,19(23,24)25)28(27-8)16(29)14-9(2)13-10(18(20,21)22)6-11(26-15(13)32-14)12-4-3-5-31-12/h3-6,30H,7H2,1-2H3. The normalized spacial score (nSPS) is 19.7. The van der Waals surface area contributed by atoms with Gasteiger partial charge in [-0.2, -0.15) is 36.5 Å². The molecule has 170 valence electrons. The highest BCUT2D eigenvalue weighted by Crippen LogP contribution is 2.45. The number of nitrogens with zero attached hydrogens (tertiary/aromatic N) is 3. The predicted octanol–water partition coefficient (Wildman–Crippen LogP) is 5.82. The summed E-state index contributed by atoms with van der Waals surface area (Å²) in [5, 5.41) is 14.9. The quantitative estimate of drug-likeness (QED) is 0.457. The van der Waals surface area contributed by atoms with Crippen LogP contribution >= 0.6 is 22.7 Å². The van der Waals surface area contributed by atoms with Gasteiger partial charge in [0.1, 0.15) is 4.83 Å². The van der Waals surface area contributed by atoms with Crippen LogP contribution < -0.4 is 0 Å². The van der Waals surface area contributed by atoms with Crippen molar-refractivity contribution in [3.05, 3.63) is 39.6 Å². The number of alkyl halides is 6. The minimum Gasteiger partial charge on any atom is -0.362 e. The van der Waals surface area contributed by atoms with Crippen molar-refractivity contribution in [3.63, 3.8) is 0 Å². The van der Waals surface area contributed by atoms with E-state index in [9.17, 15) is 36.2 Å². The van der Waals surface area contributed by atoms with Gasteiger partial charge in [-0.25, -0.2) is 4.98 Å². The van der Waals surface area contributed by atoms with Crippen LogP contribution in [0.2, 0.25) is 0 Å². The number of hydrogen-bond acceptors (Lipinski definition) is 6. The van der Waals surface area contributed by atoms with Crippen LogP contribution in [0, 0.1) is 6.92 Å². The zero-order chi connectivity index (χ0) is 23.6. The maximum Gasteiger partial charge on any atom is 0.438 e. The van der Waals surface area contributed by atoms with E-state index >= 15 is 0 Å². The van der Waals surface area contributed by atoms with Crippen LogP contribution in [0.5, 0.6) is 0 Å². The number of hydrogen-bond donors (Lipinski definition) is 1. The molecule has 3 aromatic rings. The fraction of sp³-hybridized carbons (Fsp3) is 0.316. The van der Waals surface area contributed by atoms with Gasteiger partial charge < -0.3 is 5.11 Å². The molecule has 0 saturated heterocycles. The van der Waals surface area contributed by atoms with Crippen molar-refractivity contribution in [2.75, 3.05) is 0 Å². The van der Waals surface area contributed by atoms with Crippen molar-refractivity contribution in [3.8, 4) is 10.6 Å². The summed E-state index contributed by atoms with van der Waals surface area (Å²) in [5.41, 5.74) is -4.94. The molecule has 4 heterocycles. The molecule has 1 amide bonds. The van der Waals surface area contributed by atoms with Crippen LogP contribution in [-0.2, 0) is 6.18 Å². The van der Waals surface area contributed by atoms with E-state index in [1.807, 2.05) is 0 Å². The number of fused-ring (bicyclic) bond motifs is 1. The highest BCUT2D eigenvalue weighted by molar-refractivity contribution is 7.20. The zero-order valence-electron chi connectivity index (χ0n) is 16.3. The summed E-state index contributed by atoms with van der Waals surface area (Å²) < 4.78 is 82.0. The molecular weight excluding hydrogens is 480 g/mol. The number of amides is 1. The van der Waals surface area contributed by atoms with Gasteiger partial charge in [0.2, 0.25) is 0 Å². The summed E-state index contributed by atoms with van der Waals surface area (Å²) >= 11 is 1.70. The summed E-state index contributed by atoms with van der Waals surface area (Å²) in [4.78, 5) is 17.1. The van der Waals surface area contributed by atoms with Crippen LogP contribution in [0.3, 0.4) is 0 Å². The van der Waals surface area contributed by atoms with E-state index in [0.29, 0.717) is 16.2 Å². The average molecular weight is 493 g/mol. The second kappa shape index (κ2) is 7.25. The molecule has 1 unspecified atom stereocenters. The Hall–Kier alpha value is -2.51. The number of aromatic nitrogens is 1. The highest BCUT2D eigenvalue weighted by Gasteiger charge is 2.63. The van der Waals surface area contributed by atoms with Crippen molar-refractivity contribution in [1.29, 1.82) is 0 Å². The monoisotopic (exact) mass is 493 g/mol. The first-order chi connectivity index (χ1) is 14.7. The molecule has 1 atom stereocenters. The van der Waals surface area contributed by atoms with Gasteiger partial charge >= 0.3 is 12.4 Å². The molecule has 0 radical (unpaired) electrons. The molecule has 0 bridgehead atoms. The second-order valence-electron chi connectivity index (χ2n) is 7.21. The van der Waals surface area contributed by atoms with Crippen molar-refractivity contribution >= 4 is 44.5 Å². The Morgan fingerprint density at radius 3 is 2.47 bits per heavy atom. The van der Waals surface area contributed by atoms with Gasteiger partial charge in [-0.3, -0.25) is 4.79 Å². The molecule has 0 fully saturated rings. The minimum absolute atomic E-state index is 0.0295. The number of carbonyl (C=O) groups is 1. The first kappa shape index (κ1) is 22.7. The smallest absolute Gasteiger partial charge is 0.362 e. The molecule has 0 aliphatic carbocycles. The lowest BCUT2D eigenvalue weighted by molar-refractivity contribution is -0.297. The molecule has 0 aromatic carbocycles. The van der Waals surface area contributed by atoms with Crippen molar-refractivity contribution in [1.82, 2.24) is 9.99 Å². The first-order valence-electron chi connectivity index (χ1n) is 8.97. The van der Waals surface area contributed by atoms with Gasteiger partial charge in [-0.05, 0) is 36.9 Å². The third-order valence-electron chi connectivity index (χ3n) is 4.94. The first-order valence-corrected chi connectivity index (χ1v) is 10.7. The molecule has 1 aliphatic heterocycles. The Morgan fingerprint density at radius 1 is 1.22 bits per heavy atom. The highest BCUT2D eigenvalue weighted by atomic mass is 32.1. The van der Waals surface area contributed by atoms with Gasteiger partial charge in [0.15, 0.2) is 0 Å². The van der Waals surface area contributed by atoms with Crippen LogP contribution in [0.4, 0.5) is 26.3 Å². The molecule has 1 aliphatic rings. The lowest BCUT2D eigenvalue weighted by Gasteiger charge is -2.32. The summed E-state index contributed by atoms with van der Waals surface area (Å²) in [6, 6.07) is 4.07. The molecular formula is C19H13F6N3O2S2. The Bertz CT molecular complexity index is 1250. The molecule has 4 rings (SSSR count). The molecule has 0 spiro atoms. The number of thiophene rings is 2. The molecule has 1 N–H and O–H groups in total. The largest absolute Gasteiger partial charge is 0.438 e. The molecule has 5 nitrogen and oxygen atoms in total. The van der Waals surface area contributed by atoms with Crippen LogP contribution in [0.15, 0.2) is 28.7 Å². The number of aryl methyl sites for hydroxylation is 1. The van der Waals surface area contributed by atoms with Gasteiger partial charge in [0.25, 0.3) is 11.6 Å². The fourth-order valence-electron chi connectivity index (χ4n) is 3.47. The molecule has 13 heteroatoms. The third kappa shape index (κ3) is 3.48. The van der Waals surface area contributed by atoms with Gasteiger partial charge in [-0.15, -0.1) is 22.7 Å². The van der Waals surface area contributed by atoms with Gasteiger partial charge in [-0.1, -0.05) is 6.07 Å².